The molecule has 106 valence electrons. The number of carbonyl (C=O) groups is 1. The van der Waals surface area contributed by atoms with Crippen molar-refractivity contribution in [1.29, 1.82) is 0 Å². The minimum atomic E-state index is -0.524. The van der Waals surface area contributed by atoms with Crippen LogP contribution in [0.25, 0.3) is 11.3 Å². The molecule has 3 rings (SSSR count). The van der Waals surface area contributed by atoms with Crippen molar-refractivity contribution in [2.75, 3.05) is 38.4 Å². The molecule has 3 aliphatic rings. The van der Waals surface area contributed by atoms with Gasteiger partial charge in [0.2, 0.25) is 0 Å². The van der Waals surface area contributed by atoms with Gasteiger partial charge in [-0.2, -0.15) is 5.10 Å². The van der Waals surface area contributed by atoms with Crippen molar-refractivity contribution in [2.24, 2.45) is 0 Å². The third-order valence-electron chi connectivity index (χ3n) is 3.27. The van der Waals surface area contributed by atoms with E-state index >= 15 is 0 Å². The molecule has 0 unspecified atom stereocenters. The van der Waals surface area contributed by atoms with Gasteiger partial charge in [-0.05, 0) is 0 Å². The van der Waals surface area contributed by atoms with Gasteiger partial charge in [-0.3, -0.25) is 9.47 Å². The molecule has 0 aromatic heterocycles. The van der Waals surface area contributed by atoms with Crippen LogP contribution in [-0.2, 0) is 9.47 Å². The third-order valence-corrected chi connectivity index (χ3v) is 3.27. The SMILES string of the molecule is COC(=O)c1cn(N2CCOCC2)cc2c(=O)[nH]nc1-2. The minimum absolute atomic E-state index is 0.259. The molecule has 8 nitrogen and oxygen atoms in total. The quantitative estimate of drug-likeness (QED) is 0.740. The second-order valence-electron chi connectivity index (χ2n) is 4.42. The van der Waals surface area contributed by atoms with Crippen molar-refractivity contribution in [2.45, 2.75) is 0 Å². The summed E-state index contributed by atoms with van der Waals surface area (Å²) in [5.41, 5.74) is 0.619. The lowest BCUT2D eigenvalue weighted by atomic mass is 10.1. The largest absolute Gasteiger partial charge is 0.465 e. The number of esters is 1. The number of nitrogens with one attached hydrogen (secondary N) is 1. The van der Waals surface area contributed by atoms with Crippen LogP contribution in [0, 0.1) is 0 Å². The highest BCUT2D eigenvalue weighted by atomic mass is 16.5. The summed E-state index contributed by atoms with van der Waals surface area (Å²) in [6, 6.07) is 0. The van der Waals surface area contributed by atoms with E-state index in [9.17, 15) is 9.59 Å². The molecule has 0 atom stereocenters. The Morgan fingerprint density at radius 2 is 2.15 bits per heavy atom. The van der Waals surface area contributed by atoms with Crippen LogP contribution in [-0.4, -0.2) is 54.3 Å². The zero-order valence-corrected chi connectivity index (χ0v) is 11.0. The number of methoxy groups -OCH3 is 1. The predicted octanol–water partition coefficient (Wildman–Crippen LogP) is -0.569. The molecule has 0 aromatic carbocycles. The molecular weight excluding hydrogens is 264 g/mol. The lowest BCUT2D eigenvalue weighted by molar-refractivity contribution is 0.0600. The normalized spacial score (nSPS) is 15.6. The fraction of sp³-hybridized carbons (Fsp3) is 0.417. The van der Waals surface area contributed by atoms with E-state index in [1.165, 1.54) is 7.11 Å². The summed E-state index contributed by atoms with van der Waals surface area (Å²) in [6.07, 6.45) is 3.29. The van der Waals surface area contributed by atoms with E-state index in [0.29, 0.717) is 37.6 Å². The molecule has 20 heavy (non-hydrogen) atoms. The number of aromatic amines is 1. The number of fused-ring (bicyclic) bond motifs is 1. The zero-order chi connectivity index (χ0) is 14.1. The van der Waals surface area contributed by atoms with Crippen molar-refractivity contribution in [1.82, 2.24) is 14.9 Å². The Bertz CT molecular complexity index is 656. The molecule has 0 radical (unpaired) electrons. The second kappa shape index (κ2) is 4.97. The monoisotopic (exact) mass is 278 g/mol. The van der Waals surface area contributed by atoms with Gasteiger partial charge in [-0.25, -0.2) is 9.89 Å². The van der Waals surface area contributed by atoms with Gasteiger partial charge in [0.15, 0.2) is 0 Å². The van der Waals surface area contributed by atoms with Crippen LogP contribution >= 0.6 is 0 Å². The molecule has 1 fully saturated rings. The number of morpholine rings is 1. The van der Waals surface area contributed by atoms with Crippen molar-refractivity contribution in [3.05, 3.63) is 28.3 Å². The Labute approximate surface area is 114 Å². The Kier molecular flexibility index (Phi) is 3.15. The minimum Gasteiger partial charge on any atom is -0.465 e. The molecule has 0 aromatic rings. The van der Waals surface area contributed by atoms with E-state index in [1.807, 2.05) is 5.01 Å². The molecular formula is C12H14N4O4. The molecule has 1 saturated heterocycles. The van der Waals surface area contributed by atoms with Gasteiger partial charge in [0.05, 0.1) is 39.0 Å². The van der Waals surface area contributed by atoms with Crippen LogP contribution < -0.4 is 10.6 Å². The van der Waals surface area contributed by atoms with Crippen LogP contribution in [0.1, 0.15) is 10.4 Å². The summed E-state index contributed by atoms with van der Waals surface area (Å²) >= 11 is 0. The number of rotatable bonds is 2. The highest BCUT2D eigenvalue weighted by Gasteiger charge is 2.23. The molecule has 0 amide bonds. The highest BCUT2D eigenvalue weighted by Crippen LogP contribution is 2.20. The van der Waals surface area contributed by atoms with E-state index in [2.05, 4.69) is 10.2 Å². The number of H-pyrrole nitrogens is 1. The zero-order valence-electron chi connectivity index (χ0n) is 11.0. The molecule has 0 saturated carbocycles. The number of pyridine rings is 1. The van der Waals surface area contributed by atoms with Crippen LogP contribution in [0.3, 0.4) is 0 Å². The molecule has 0 bridgehead atoms. The second-order valence-corrected chi connectivity index (χ2v) is 4.42. The molecule has 1 N–H and O–H groups in total. The predicted molar refractivity (Wildman–Crippen MR) is 69.6 cm³/mol. The van der Waals surface area contributed by atoms with Gasteiger partial charge in [-0.15, -0.1) is 0 Å². The van der Waals surface area contributed by atoms with Gasteiger partial charge in [0, 0.05) is 12.4 Å². The Hall–Kier alpha value is -2.35. The van der Waals surface area contributed by atoms with E-state index < -0.39 is 5.97 Å². The average molecular weight is 278 g/mol. The maximum absolute atomic E-state index is 11.8. The average Bonchev–Trinajstić information content (AvgIpc) is 2.88. The first-order valence-corrected chi connectivity index (χ1v) is 6.22. The number of hydrogen-bond acceptors (Lipinski definition) is 6. The van der Waals surface area contributed by atoms with Crippen molar-refractivity contribution in [3.8, 4) is 11.3 Å². The Balaban J connectivity index is 2.12. The first kappa shape index (κ1) is 12.7. The third kappa shape index (κ3) is 2.03. The fourth-order valence-electron chi connectivity index (χ4n) is 2.23. The number of ether oxygens (including phenoxy) is 2. The van der Waals surface area contributed by atoms with E-state index in [-0.39, 0.29) is 11.1 Å². The van der Waals surface area contributed by atoms with Crippen molar-refractivity contribution >= 4 is 5.97 Å². The number of nitrogens with zero attached hydrogens (tertiary/aromatic N) is 3. The topological polar surface area (TPSA) is 89.5 Å². The first-order valence-electron chi connectivity index (χ1n) is 6.22. The lowest BCUT2D eigenvalue weighted by Gasteiger charge is -2.31. The van der Waals surface area contributed by atoms with E-state index in [4.69, 9.17) is 9.47 Å². The van der Waals surface area contributed by atoms with Gasteiger partial charge in [0.1, 0.15) is 11.3 Å². The van der Waals surface area contributed by atoms with Gasteiger partial charge in [0.25, 0.3) is 5.56 Å². The van der Waals surface area contributed by atoms with Crippen LogP contribution in [0.4, 0.5) is 0 Å². The molecule has 3 aliphatic heterocycles. The van der Waals surface area contributed by atoms with Gasteiger partial charge in [-0.1, -0.05) is 0 Å². The number of hydrogen-bond donors (Lipinski definition) is 1. The first-order chi connectivity index (χ1) is 9.70. The van der Waals surface area contributed by atoms with E-state index in [1.54, 1.807) is 17.1 Å². The number of aromatic nitrogens is 3. The van der Waals surface area contributed by atoms with Crippen LogP contribution in [0.15, 0.2) is 17.2 Å². The molecule has 3 heterocycles. The fourth-order valence-corrected chi connectivity index (χ4v) is 2.23. The summed E-state index contributed by atoms with van der Waals surface area (Å²) in [4.78, 5) is 23.6. The summed E-state index contributed by atoms with van der Waals surface area (Å²) < 4.78 is 11.8. The van der Waals surface area contributed by atoms with Crippen LogP contribution in [0.5, 0.6) is 0 Å². The van der Waals surface area contributed by atoms with Crippen LogP contribution in [0.2, 0.25) is 0 Å². The highest BCUT2D eigenvalue weighted by molar-refractivity contribution is 5.95. The molecule has 8 heteroatoms. The lowest BCUT2D eigenvalue weighted by Crippen LogP contribution is -2.44. The Morgan fingerprint density at radius 1 is 1.40 bits per heavy atom. The van der Waals surface area contributed by atoms with Crippen molar-refractivity contribution in [3.63, 3.8) is 0 Å². The summed E-state index contributed by atoms with van der Waals surface area (Å²) in [6.45, 7) is 2.58. The standard InChI is InChI=1S/C12H14N4O4/c1-19-12(18)9-7-16(15-2-4-20-5-3-15)6-8-10(9)13-14-11(8)17/h6-7H,2-5H2,1H3,(H,14,17). The molecule has 0 spiro atoms. The summed E-state index contributed by atoms with van der Waals surface area (Å²) in [5.74, 6) is -0.524. The summed E-state index contributed by atoms with van der Waals surface area (Å²) in [5, 5.41) is 8.22. The van der Waals surface area contributed by atoms with E-state index in [0.717, 1.165) is 0 Å². The van der Waals surface area contributed by atoms with Crippen molar-refractivity contribution < 1.29 is 14.3 Å². The van der Waals surface area contributed by atoms with Gasteiger partial charge >= 0.3 is 5.97 Å². The summed E-state index contributed by atoms with van der Waals surface area (Å²) in [7, 11) is 1.30. The maximum atomic E-state index is 11.8. The number of carbonyl (C=O) groups excluding carboxylic acids is 1. The smallest absolute Gasteiger partial charge is 0.341 e. The maximum Gasteiger partial charge on any atom is 0.341 e. The Morgan fingerprint density at radius 3 is 2.85 bits per heavy atom. The van der Waals surface area contributed by atoms with Gasteiger partial charge < -0.3 is 14.5 Å². The molecule has 0 aliphatic carbocycles.